The van der Waals surface area contributed by atoms with Crippen LogP contribution in [-0.4, -0.2) is 53.1 Å². The number of nitrogens with one attached hydrogen (secondary N) is 1. The molecule has 1 atom stereocenters. The first kappa shape index (κ1) is 26.3. The van der Waals surface area contributed by atoms with E-state index in [2.05, 4.69) is 39.6 Å². The van der Waals surface area contributed by atoms with Crippen molar-refractivity contribution < 1.29 is 8.42 Å². The Morgan fingerprint density at radius 1 is 0.921 bits per heavy atom. The molecule has 6 heteroatoms. The van der Waals surface area contributed by atoms with Crippen LogP contribution >= 0.6 is 0 Å². The molecule has 1 unspecified atom stereocenters. The zero-order chi connectivity index (χ0) is 26.3. The second-order valence-corrected chi connectivity index (χ2v) is 14.4. The minimum absolute atomic E-state index is 0.329. The van der Waals surface area contributed by atoms with Gasteiger partial charge in [0.05, 0.1) is 4.90 Å². The molecule has 3 fully saturated rings. The van der Waals surface area contributed by atoms with E-state index in [1.165, 1.54) is 90.0 Å². The summed E-state index contributed by atoms with van der Waals surface area (Å²) in [5, 5.41) is 0. The second kappa shape index (κ2) is 10.6. The maximum atomic E-state index is 12.0. The third-order valence-corrected chi connectivity index (χ3v) is 12.0. The van der Waals surface area contributed by atoms with Crippen LogP contribution in [0.5, 0.6) is 0 Å². The predicted octanol–water partition coefficient (Wildman–Crippen LogP) is 5.52. The average molecular weight is 536 g/mol. The highest BCUT2D eigenvalue weighted by Gasteiger charge is 2.50. The van der Waals surface area contributed by atoms with Crippen LogP contribution < -0.4 is 9.62 Å². The van der Waals surface area contributed by atoms with Crippen molar-refractivity contribution in [3.8, 4) is 0 Å². The summed E-state index contributed by atoms with van der Waals surface area (Å²) >= 11 is 0. The van der Waals surface area contributed by atoms with E-state index in [9.17, 15) is 8.42 Å². The normalized spacial score (nSPS) is 25.9. The van der Waals surface area contributed by atoms with E-state index < -0.39 is 10.0 Å². The number of nitrogens with zero attached hydrogens (tertiary/aromatic N) is 2. The highest BCUT2D eigenvalue weighted by Crippen LogP contribution is 2.56. The van der Waals surface area contributed by atoms with Gasteiger partial charge in [-0.15, -0.1) is 0 Å². The fraction of sp³-hybridized carbons (Fsp3) is 0.625. The Hall–Kier alpha value is -1.89. The zero-order valence-electron chi connectivity index (χ0n) is 23.3. The maximum absolute atomic E-state index is 12.0. The van der Waals surface area contributed by atoms with Crippen molar-refractivity contribution in [3.63, 3.8) is 0 Å². The van der Waals surface area contributed by atoms with Crippen LogP contribution in [0.2, 0.25) is 0 Å². The van der Waals surface area contributed by atoms with Crippen molar-refractivity contribution in [2.45, 2.75) is 75.0 Å². The van der Waals surface area contributed by atoms with Gasteiger partial charge in [-0.1, -0.05) is 31.0 Å². The van der Waals surface area contributed by atoms with Crippen molar-refractivity contribution in [2.75, 3.05) is 44.7 Å². The molecule has 0 spiro atoms. The minimum atomic E-state index is -3.38. The summed E-state index contributed by atoms with van der Waals surface area (Å²) in [7, 11) is -1.92. The van der Waals surface area contributed by atoms with E-state index in [0.29, 0.717) is 16.2 Å². The second-order valence-electron chi connectivity index (χ2n) is 12.5. The first-order valence-corrected chi connectivity index (χ1v) is 16.5. The van der Waals surface area contributed by atoms with Gasteiger partial charge >= 0.3 is 0 Å². The monoisotopic (exact) mass is 535 g/mol. The highest BCUT2D eigenvalue weighted by molar-refractivity contribution is 7.89. The molecule has 38 heavy (non-hydrogen) atoms. The lowest BCUT2D eigenvalue weighted by Crippen LogP contribution is -2.54. The molecule has 0 bridgehead atoms. The third kappa shape index (κ3) is 4.71. The third-order valence-electron chi connectivity index (χ3n) is 10.6. The number of benzene rings is 2. The van der Waals surface area contributed by atoms with E-state index in [0.717, 1.165) is 30.6 Å². The molecule has 0 aromatic heterocycles. The summed E-state index contributed by atoms with van der Waals surface area (Å²) in [5.41, 5.74) is 6.51. The number of rotatable bonds is 7. The van der Waals surface area contributed by atoms with E-state index in [-0.39, 0.29) is 0 Å². The fourth-order valence-corrected chi connectivity index (χ4v) is 9.36. The Balaban J connectivity index is 1.07. The van der Waals surface area contributed by atoms with Crippen molar-refractivity contribution in [1.29, 1.82) is 0 Å². The van der Waals surface area contributed by atoms with Gasteiger partial charge in [-0.25, -0.2) is 13.1 Å². The van der Waals surface area contributed by atoms with Crippen LogP contribution in [0.3, 0.4) is 0 Å². The smallest absolute Gasteiger partial charge is 0.240 e. The summed E-state index contributed by atoms with van der Waals surface area (Å²) in [6, 6.07) is 14.5. The lowest BCUT2D eigenvalue weighted by atomic mass is 9.54. The van der Waals surface area contributed by atoms with Crippen molar-refractivity contribution in [3.05, 3.63) is 59.2 Å². The fourth-order valence-electron chi connectivity index (χ4n) is 8.63. The van der Waals surface area contributed by atoms with Gasteiger partial charge in [0.15, 0.2) is 0 Å². The molecule has 4 aliphatic rings. The molecule has 2 heterocycles. The molecule has 2 aromatic rings. The maximum Gasteiger partial charge on any atom is 0.240 e. The van der Waals surface area contributed by atoms with Crippen LogP contribution in [0.25, 0.3) is 0 Å². The number of aryl methyl sites for hydroxylation is 1. The van der Waals surface area contributed by atoms with Crippen LogP contribution in [0.4, 0.5) is 5.69 Å². The Morgan fingerprint density at radius 3 is 2.29 bits per heavy atom. The molecule has 1 N–H and O–H groups in total. The number of fused-ring (bicyclic) bond motifs is 1. The van der Waals surface area contributed by atoms with Gasteiger partial charge in [0.1, 0.15) is 0 Å². The van der Waals surface area contributed by atoms with Gasteiger partial charge in [0.25, 0.3) is 0 Å². The minimum Gasteiger partial charge on any atom is -0.371 e. The van der Waals surface area contributed by atoms with E-state index >= 15 is 0 Å². The summed E-state index contributed by atoms with van der Waals surface area (Å²) in [6.07, 6.45) is 12.5. The molecule has 1 saturated carbocycles. The summed E-state index contributed by atoms with van der Waals surface area (Å²) in [4.78, 5) is 5.45. The standard InChI is InChI=1S/C32H45N3O2S/c1-24-7-5-11-31-30(24)10-6-18-32(31,26-8-3-4-9-26)27-16-19-34(20-17-27)21-25-22-35(23-25)28-12-14-29(15-13-28)38(36,37)33-2/h5,7,11-15,25-27,33H,3-4,6,8-10,16-23H2,1-2H3. The summed E-state index contributed by atoms with van der Waals surface area (Å²) in [6.45, 7) is 8.16. The molecule has 2 aliphatic heterocycles. The molecule has 6 rings (SSSR count). The number of sulfonamides is 1. The first-order valence-electron chi connectivity index (χ1n) is 15.0. The van der Waals surface area contributed by atoms with Gasteiger partial charge in [0.2, 0.25) is 10.0 Å². The molecule has 0 radical (unpaired) electrons. The van der Waals surface area contributed by atoms with Crippen molar-refractivity contribution in [1.82, 2.24) is 9.62 Å². The molecular weight excluding hydrogens is 490 g/mol. The van der Waals surface area contributed by atoms with Crippen molar-refractivity contribution >= 4 is 15.7 Å². The molecule has 2 aliphatic carbocycles. The van der Waals surface area contributed by atoms with E-state index in [1.54, 1.807) is 23.3 Å². The Labute approximate surface area is 230 Å². The van der Waals surface area contributed by atoms with Gasteiger partial charge < -0.3 is 9.80 Å². The Morgan fingerprint density at radius 2 is 1.61 bits per heavy atom. The van der Waals surface area contributed by atoms with Crippen molar-refractivity contribution in [2.24, 2.45) is 17.8 Å². The highest BCUT2D eigenvalue weighted by atomic mass is 32.2. The number of hydrogen-bond donors (Lipinski definition) is 1. The van der Waals surface area contributed by atoms with E-state index in [1.807, 2.05) is 12.1 Å². The quantitative estimate of drug-likeness (QED) is 0.508. The predicted molar refractivity (Wildman–Crippen MR) is 155 cm³/mol. The summed E-state index contributed by atoms with van der Waals surface area (Å²) in [5.74, 6) is 2.41. The van der Waals surface area contributed by atoms with Gasteiger partial charge in [-0.05, 0) is 125 Å². The SMILES string of the molecule is CNS(=O)(=O)c1ccc(N2CC(CN3CCC(C4(C5CCCC5)CCCc5c(C)cccc54)CC3)C2)cc1. The molecule has 2 aromatic carbocycles. The van der Waals surface area contributed by atoms with Gasteiger partial charge in [-0.3, -0.25) is 0 Å². The van der Waals surface area contributed by atoms with Gasteiger partial charge in [0, 0.05) is 36.7 Å². The number of hydrogen-bond acceptors (Lipinski definition) is 4. The number of piperidine rings is 1. The molecule has 0 amide bonds. The van der Waals surface area contributed by atoms with Crippen LogP contribution in [-0.2, 0) is 21.9 Å². The Bertz CT molecular complexity index is 1220. The van der Waals surface area contributed by atoms with Crippen LogP contribution in [0.1, 0.15) is 68.1 Å². The first-order chi connectivity index (χ1) is 18.4. The zero-order valence-corrected chi connectivity index (χ0v) is 24.1. The van der Waals surface area contributed by atoms with Crippen LogP contribution in [0, 0.1) is 24.7 Å². The number of likely N-dealkylation sites (tertiary alicyclic amines) is 1. The number of anilines is 1. The molecule has 5 nitrogen and oxygen atoms in total. The van der Waals surface area contributed by atoms with E-state index in [4.69, 9.17) is 0 Å². The average Bonchev–Trinajstić information content (AvgIpc) is 3.47. The topological polar surface area (TPSA) is 52.7 Å². The Kier molecular flexibility index (Phi) is 7.34. The lowest BCUT2D eigenvalue weighted by molar-refractivity contribution is 0.0647. The summed E-state index contributed by atoms with van der Waals surface area (Å²) < 4.78 is 26.4. The largest absolute Gasteiger partial charge is 0.371 e. The van der Waals surface area contributed by atoms with Gasteiger partial charge in [-0.2, -0.15) is 0 Å². The van der Waals surface area contributed by atoms with Crippen LogP contribution in [0.15, 0.2) is 47.4 Å². The molecule has 2 saturated heterocycles. The molecule has 206 valence electrons. The molecular formula is C32H45N3O2S. The lowest BCUT2D eigenvalue weighted by Gasteiger charge is -2.52.